The van der Waals surface area contributed by atoms with Gasteiger partial charge in [0.15, 0.2) is 5.89 Å². The van der Waals surface area contributed by atoms with Gasteiger partial charge < -0.3 is 9.52 Å². The number of nitrogens with one attached hydrogen (secondary N) is 1. The number of aromatic nitrogens is 1. The Balaban J connectivity index is 1.47. The third kappa shape index (κ3) is 2.51. The number of hydrogen-bond donors (Lipinski definition) is 2. The van der Waals surface area contributed by atoms with E-state index >= 15 is 0 Å². The number of aliphatic hydroxyl groups excluding tert-OH is 1. The standard InChI is InChI=1S/C14H20N2O4S/c17-13-9-3-4-10(13)6-11(5-9)16-21(18,19)12-7-15-14(20-12)8-1-2-8/h7-11,13,16-17H,1-6H2/t9-,10+,11?,13?. The topological polar surface area (TPSA) is 92.4 Å². The van der Waals surface area contributed by atoms with Crippen LogP contribution in [0.15, 0.2) is 15.7 Å². The van der Waals surface area contributed by atoms with Crippen molar-refractivity contribution in [1.29, 1.82) is 0 Å². The van der Waals surface area contributed by atoms with Crippen molar-refractivity contribution in [1.82, 2.24) is 9.71 Å². The largest absolute Gasteiger partial charge is 0.428 e. The Morgan fingerprint density at radius 2 is 1.86 bits per heavy atom. The summed E-state index contributed by atoms with van der Waals surface area (Å²) in [5.74, 6) is 1.30. The highest BCUT2D eigenvalue weighted by Crippen LogP contribution is 2.43. The highest BCUT2D eigenvalue weighted by atomic mass is 32.2. The summed E-state index contributed by atoms with van der Waals surface area (Å²) in [6, 6.07) is -0.106. The van der Waals surface area contributed by atoms with Crippen molar-refractivity contribution in [3.63, 3.8) is 0 Å². The second-order valence-corrected chi connectivity index (χ2v) is 8.31. The molecular formula is C14H20N2O4S. The van der Waals surface area contributed by atoms with Crippen LogP contribution in [-0.4, -0.2) is 30.7 Å². The molecule has 1 aromatic rings. The normalized spacial score (nSPS) is 36.0. The molecule has 3 saturated carbocycles. The van der Waals surface area contributed by atoms with Crippen LogP contribution in [0, 0.1) is 11.8 Å². The lowest BCUT2D eigenvalue weighted by molar-refractivity contribution is 0.0507. The predicted octanol–water partition coefficient (Wildman–Crippen LogP) is 1.38. The van der Waals surface area contributed by atoms with E-state index in [1.165, 1.54) is 6.20 Å². The molecule has 0 spiro atoms. The molecule has 0 aromatic carbocycles. The molecule has 2 N–H and O–H groups in total. The Labute approximate surface area is 124 Å². The average Bonchev–Trinajstić information content (AvgIpc) is 3.12. The molecule has 3 fully saturated rings. The van der Waals surface area contributed by atoms with Gasteiger partial charge in [0.05, 0.1) is 12.3 Å². The number of rotatable bonds is 4. The molecule has 7 heteroatoms. The van der Waals surface area contributed by atoms with Crippen molar-refractivity contribution in [2.24, 2.45) is 11.8 Å². The maximum absolute atomic E-state index is 12.4. The molecule has 4 atom stereocenters. The zero-order chi connectivity index (χ0) is 14.6. The fourth-order valence-corrected chi connectivity index (χ4v) is 4.92. The molecule has 2 bridgehead atoms. The van der Waals surface area contributed by atoms with Gasteiger partial charge >= 0.3 is 0 Å². The Bertz CT molecular complexity index is 623. The van der Waals surface area contributed by atoms with Gasteiger partial charge in [0.25, 0.3) is 15.1 Å². The van der Waals surface area contributed by atoms with Gasteiger partial charge in [0.1, 0.15) is 0 Å². The maximum Gasteiger partial charge on any atom is 0.275 e. The lowest BCUT2D eigenvalue weighted by atomic mass is 9.83. The van der Waals surface area contributed by atoms with Crippen molar-refractivity contribution in [2.45, 2.75) is 61.7 Å². The van der Waals surface area contributed by atoms with E-state index in [1.807, 2.05) is 0 Å². The second kappa shape index (κ2) is 4.79. The number of fused-ring (bicyclic) bond motifs is 2. The second-order valence-electron chi connectivity index (χ2n) is 6.67. The van der Waals surface area contributed by atoms with Gasteiger partial charge in [-0.05, 0) is 50.4 Å². The summed E-state index contributed by atoms with van der Waals surface area (Å²) >= 11 is 0. The Hall–Kier alpha value is -0.920. The molecule has 0 aliphatic heterocycles. The van der Waals surface area contributed by atoms with E-state index in [0.717, 1.165) is 25.7 Å². The minimum absolute atomic E-state index is 0.0807. The van der Waals surface area contributed by atoms with E-state index in [2.05, 4.69) is 9.71 Å². The van der Waals surface area contributed by atoms with Gasteiger partial charge in [0, 0.05) is 12.0 Å². The fraction of sp³-hybridized carbons (Fsp3) is 0.786. The molecule has 21 heavy (non-hydrogen) atoms. The number of hydrogen-bond acceptors (Lipinski definition) is 5. The molecule has 2 unspecified atom stereocenters. The van der Waals surface area contributed by atoms with Gasteiger partial charge in [-0.3, -0.25) is 0 Å². The fourth-order valence-electron chi connectivity index (χ4n) is 3.79. The molecular weight excluding hydrogens is 292 g/mol. The van der Waals surface area contributed by atoms with Crippen LogP contribution in [0.3, 0.4) is 0 Å². The van der Waals surface area contributed by atoms with Crippen LogP contribution in [0.25, 0.3) is 0 Å². The first-order valence-corrected chi connectivity index (χ1v) is 9.17. The molecule has 6 nitrogen and oxygen atoms in total. The summed E-state index contributed by atoms with van der Waals surface area (Å²) in [5, 5.41) is 9.93. The van der Waals surface area contributed by atoms with Crippen LogP contribution in [-0.2, 0) is 10.0 Å². The summed E-state index contributed by atoms with van der Waals surface area (Å²) in [4.78, 5) is 4.07. The lowest BCUT2D eigenvalue weighted by Crippen LogP contribution is -2.43. The molecule has 0 amide bonds. The van der Waals surface area contributed by atoms with E-state index in [9.17, 15) is 13.5 Å². The molecule has 4 rings (SSSR count). The first kappa shape index (κ1) is 13.7. The molecule has 116 valence electrons. The van der Waals surface area contributed by atoms with Crippen LogP contribution in [0.4, 0.5) is 0 Å². The maximum atomic E-state index is 12.4. The molecule has 3 aliphatic rings. The van der Waals surface area contributed by atoms with E-state index in [1.54, 1.807) is 0 Å². The highest BCUT2D eigenvalue weighted by Gasteiger charge is 2.43. The first-order chi connectivity index (χ1) is 10.0. The predicted molar refractivity (Wildman–Crippen MR) is 74.0 cm³/mol. The van der Waals surface area contributed by atoms with Crippen LogP contribution in [0.5, 0.6) is 0 Å². The third-order valence-corrected chi connectivity index (χ3v) is 6.43. The van der Waals surface area contributed by atoms with Crippen molar-refractivity contribution in [3.05, 3.63) is 12.1 Å². The zero-order valence-electron chi connectivity index (χ0n) is 11.7. The average molecular weight is 312 g/mol. The van der Waals surface area contributed by atoms with Crippen LogP contribution in [0.1, 0.15) is 50.3 Å². The molecule has 1 heterocycles. The van der Waals surface area contributed by atoms with E-state index in [0.29, 0.717) is 24.7 Å². The lowest BCUT2D eigenvalue weighted by Gasteiger charge is -2.32. The molecule has 1 aromatic heterocycles. The first-order valence-electron chi connectivity index (χ1n) is 7.69. The number of aliphatic hydroxyl groups is 1. The van der Waals surface area contributed by atoms with Gasteiger partial charge in [-0.15, -0.1) is 0 Å². The SMILES string of the molecule is O=S(=O)(NC1C[C@H]2CC[C@@H](C1)C2O)c1cnc(C2CC2)o1. The van der Waals surface area contributed by atoms with E-state index in [4.69, 9.17) is 4.42 Å². The van der Waals surface area contributed by atoms with Crippen molar-refractivity contribution >= 4 is 10.0 Å². The summed E-state index contributed by atoms with van der Waals surface area (Å²) in [7, 11) is -3.64. The number of oxazole rings is 1. The van der Waals surface area contributed by atoms with Crippen molar-refractivity contribution in [3.8, 4) is 0 Å². The number of sulfonamides is 1. The highest BCUT2D eigenvalue weighted by molar-refractivity contribution is 7.89. The van der Waals surface area contributed by atoms with Gasteiger partial charge in [0.2, 0.25) is 0 Å². The Morgan fingerprint density at radius 1 is 1.19 bits per heavy atom. The van der Waals surface area contributed by atoms with E-state index in [-0.39, 0.29) is 29.1 Å². The molecule has 0 radical (unpaired) electrons. The van der Waals surface area contributed by atoms with Gasteiger partial charge in [-0.25, -0.2) is 18.1 Å². The summed E-state index contributed by atoms with van der Waals surface area (Å²) < 4.78 is 32.9. The Kier molecular flexibility index (Phi) is 3.13. The quantitative estimate of drug-likeness (QED) is 0.876. The summed E-state index contributed by atoms with van der Waals surface area (Å²) in [6.45, 7) is 0. The minimum atomic E-state index is -3.64. The monoisotopic (exact) mass is 312 g/mol. The van der Waals surface area contributed by atoms with Crippen molar-refractivity contribution < 1.29 is 17.9 Å². The number of nitrogens with zero attached hydrogens (tertiary/aromatic N) is 1. The van der Waals surface area contributed by atoms with Crippen LogP contribution in [0.2, 0.25) is 0 Å². The van der Waals surface area contributed by atoms with Crippen LogP contribution >= 0.6 is 0 Å². The van der Waals surface area contributed by atoms with Crippen molar-refractivity contribution in [2.75, 3.05) is 0 Å². The zero-order valence-corrected chi connectivity index (χ0v) is 12.6. The molecule has 0 saturated heterocycles. The Morgan fingerprint density at radius 3 is 2.48 bits per heavy atom. The van der Waals surface area contributed by atoms with Gasteiger partial charge in [-0.2, -0.15) is 0 Å². The smallest absolute Gasteiger partial charge is 0.275 e. The van der Waals surface area contributed by atoms with E-state index < -0.39 is 10.0 Å². The van der Waals surface area contributed by atoms with Crippen LogP contribution < -0.4 is 4.72 Å². The third-order valence-electron chi connectivity index (χ3n) is 5.06. The molecule has 3 aliphatic carbocycles. The summed E-state index contributed by atoms with van der Waals surface area (Å²) in [6.07, 6.45) is 6.52. The minimum Gasteiger partial charge on any atom is -0.428 e. The van der Waals surface area contributed by atoms with Gasteiger partial charge in [-0.1, -0.05) is 0 Å². The summed E-state index contributed by atoms with van der Waals surface area (Å²) in [5.41, 5.74) is 0.